The van der Waals surface area contributed by atoms with Crippen LogP contribution in [0.2, 0.25) is 0 Å². The Balaban J connectivity index is 2.73. The van der Waals surface area contributed by atoms with Crippen molar-refractivity contribution >= 4 is 0 Å². The van der Waals surface area contributed by atoms with Gasteiger partial charge in [-0.1, -0.05) is 52.9 Å². The van der Waals surface area contributed by atoms with Gasteiger partial charge in [-0.3, -0.25) is 0 Å². The third kappa shape index (κ3) is 4.75. The van der Waals surface area contributed by atoms with E-state index in [1.54, 1.807) is 0 Å². The Morgan fingerprint density at radius 2 is 1.68 bits per heavy atom. The Labute approximate surface area is 120 Å². The highest BCUT2D eigenvalue weighted by molar-refractivity contribution is 4.96. The van der Waals surface area contributed by atoms with Gasteiger partial charge >= 0.3 is 0 Å². The molecular formula is C17H35NO. The van der Waals surface area contributed by atoms with Gasteiger partial charge in [-0.15, -0.1) is 0 Å². The lowest BCUT2D eigenvalue weighted by Gasteiger charge is -2.44. The van der Waals surface area contributed by atoms with Gasteiger partial charge in [0.05, 0.1) is 5.60 Å². The monoisotopic (exact) mass is 269 g/mol. The van der Waals surface area contributed by atoms with E-state index >= 15 is 0 Å². The molecule has 114 valence electrons. The Morgan fingerprint density at radius 1 is 1.05 bits per heavy atom. The fourth-order valence-corrected chi connectivity index (χ4v) is 3.60. The highest BCUT2D eigenvalue weighted by Crippen LogP contribution is 2.37. The largest absolute Gasteiger partial charge is 0.377 e. The van der Waals surface area contributed by atoms with Crippen molar-refractivity contribution in [2.45, 2.75) is 90.2 Å². The fraction of sp³-hybridized carbons (Fsp3) is 1.00. The molecule has 1 aliphatic carbocycles. The summed E-state index contributed by atoms with van der Waals surface area (Å²) < 4.78 is 6.07. The summed E-state index contributed by atoms with van der Waals surface area (Å²) in [5.74, 6) is 0.836. The Kier molecular flexibility index (Phi) is 8.01. The van der Waals surface area contributed by atoms with Gasteiger partial charge in [-0.2, -0.15) is 0 Å². The maximum Gasteiger partial charge on any atom is 0.0831 e. The van der Waals surface area contributed by atoms with Crippen molar-refractivity contribution in [3.8, 4) is 0 Å². The summed E-state index contributed by atoms with van der Waals surface area (Å²) in [6.07, 6.45) is 11.6. The molecule has 1 saturated carbocycles. The van der Waals surface area contributed by atoms with E-state index in [-0.39, 0.29) is 5.60 Å². The van der Waals surface area contributed by atoms with E-state index in [9.17, 15) is 0 Å². The third-order valence-electron chi connectivity index (χ3n) is 5.11. The normalized spacial score (nSPS) is 20.7. The van der Waals surface area contributed by atoms with Crippen LogP contribution in [0.1, 0.15) is 78.6 Å². The van der Waals surface area contributed by atoms with Gasteiger partial charge in [0, 0.05) is 13.2 Å². The van der Waals surface area contributed by atoms with Crippen molar-refractivity contribution in [2.24, 2.45) is 5.92 Å². The fourth-order valence-electron chi connectivity index (χ4n) is 3.60. The molecule has 0 aromatic rings. The Hall–Kier alpha value is -0.0800. The summed E-state index contributed by atoms with van der Waals surface area (Å²) in [5, 5.41) is 3.80. The Bertz CT molecular complexity index is 219. The number of ether oxygens (including phenoxy) is 1. The minimum atomic E-state index is 0.107. The number of nitrogens with one attached hydrogen (secondary N) is 1. The highest BCUT2D eigenvalue weighted by atomic mass is 16.5. The van der Waals surface area contributed by atoms with Crippen LogP contribution in [0.25, 0.3) is 0 Å². The molecule has 0 bridgehead atoms. The SMILES string of the molecule is CCCNC(CC(CC)CC)C1(OC)CCCCC1. The van der Waals surface area contributed by atoms with Crippen LogP contribution in [-0.2, 0) is 4.74 Å². The first-order valence-corrected chi connectivity index (χ1v) is 8.50. The molecule has 0 aromatic carbocycles. The van der Waals surface area contributed by atoms with Gasteiger partial charge in [-0.25, -0.2) is 0 Å². The molecule has 0 saturated heterocycles. The topological polar surface area (TPSA) is 21.3 Å². The van der Waals surface area contributed by atoms with E-state index in [0.29, 0.717) is 6.04 Å². The summed E-state index contributed by atoms with van der Waals surface area (Å²) in [6.45, 7) is 8.02. The van der Waals surface area contributed by atoms with Crippen LogP contribution in [0.4, 0.5) is 0 Å². The van der Waals surface area contributed by atoms with E-state index in [2.05, 4.69) is 26.1 Å². The molecule has 19 heavy (non-hydrogen) atoms. The van der Waals surface area contributed by atoms with Crippen LogP contribution in [-0.4, -0.2) is 25.3 Å². The van der Waals surface area contributed by atoms with E-state index < -0.39 is 0 Å². The maximum atomic E-state index is 6.07. The number of methoxy groups -OCH3 is 1. The molecule has 0 radical (unpaired) electrons. The molecule has 2 heteroatoms. The standard InChI is InChI=1S/C17H35NO/c1-5-13-18-16(14-15(6-2)7-3)17(19-4)11-9-8-10-12-17/h15-16,18H,5-14H2,1-4H3. The second-order valence-corrected chi connectivity index (χ2v) is 6.25. The van der Waals surface area contributed by atoms with Crippen LogP contribution in [0.5, 0.6) is 0 Å². The summed E-state index contributed by atoms with van der Waals surface area (Å²) in [5.41, 5.74) is 0.107. The second kappa shape index (κ2) is 8.97. The first-order chi connectivity index (χ1) is 9.22. The van der Waals surface area contributed by atoms with E-state index in [4.69, 9.17) is 4.74 Å². The van der Waals surface area contributed by atoms with E-state index in [1.807, 2.05) is 7.11 Å². The van der Waals surface area contributed by atoms with Crippen LogP contribution < -0.4 is 5.32 Å². The molecule has 0 aromatic heterocycles. The predicted octanol–water partition coefficient (Wildman–Crippen LogP) is 4.53. The summed E-state index contributed by atoms with van der Waals surface area (Å²) in [6, 6.07) is 0.544. The first kappa shape index (κ1) is 17.0. The maximum absolute atomic E-state index is 6.07. The van der Waals surface area contributed by atoms with Crippen molar-refractivity contribution in [1.29, 1.82) is 0 Å². The van der Waals surface area contributed by atoms with Gasteiger partial charge in [0.1, 0.15) is 0 Å². The van der Waals surface area contributed by atoms with E-state index in [1.165, 1.54) is 57.8 Å². The summed E-state index contributed by atoms with van der Waals surface area (Å²) >= 11 is 0. The lowest BCUT2D eigenvalue weighted by Crippen LogP contribution is -2.54. The molecule has 1 atom stereocenters. The number of rotatable bonds is 9. The first-order valence-electron chi connectivity index (χ1n) is 8.50. The van der Waals surface area contributed by atoms with Crippen LogP contribution in [0.15, 0.2) is 0 Å². The molecule has 0 heterocycles. The quantitative estimate of drug-likeness (QED) is 0.664. The zero-order valence-corrected chi connectivity index (χ0v) is 13.6. The lowest BCUT2D eigenvalue weighted by atomic mass is 9.75. The molecule has 2 nitrogen and oxygen atoms in total. The van der Waals surface area contributed by atoms with Gasteiger partial charge in [-0.05, 0) is 38.1 Å². The molecule has 1 N–H and O–H groups in total. The second-order valence-electron chi connectivity index (χ2n) is 6.25. The summed E-state index contributed by atoms with van der Waals surface area (Å²) in [4.78, 5) is 0. The van der Waals surface area contributed by atoms with Crippen LogP contribution in [0.3, 0.4) is 0 Å². The van der Waals surface area contributed by atoms with Crippen molar-refractivity contribution in [3.05, 3.63) is 0 Å². The van der Waals surface area contributed by atoms with Crippen molar-refractivity contribution in [1.82, 2.24) is 5.32 Å². The van der Waals surface area contributed by atoms with E-state index in [0.717, 1.165) is 12.5 Å². The van der Waals surface area contributed by atoms with Gasteiger partial charge in [0.2, 0.25) is 0 Å². The molecule has 1 fully saturated rings. The molecule has 1 unspecified atom stereocenters. The molecular weight excluding hydrogens is 234 g/mol. The minimum Gasteiger partial charge on any atom is -0.377 e. The van der Waals surface area contributed by atoms with Crippen molar-refractivity contribution in [3.63, 3.8) is 0 Å². The van der Waals surface area contributed by atoms with Crippen molar-refractivity contribution in [2.75, 3.05) is 13.7 Å². The minimum absolute atomic E-state index is 0.107. The van der Waals surface area contributed by atoms with Crippen LogP contribution in [0, 0.1) is 5.92 Å². The van der Waals surface area contributed by atoms with Gasteiger partial charge < -0.3 is 10.1 Å². The number of hydrogen-bond acceptors (Lipinski definition) is 2. The molecule has 0 amide bonds. The highest BCUT2D eigenvalue weighted by Gasteiger charge is 2.40. The van der Waals surface area contributed by atoms with Gasteiger partial charge in [0.15, 0.2) is 0 Å². The number of hydrogen-bond donors (Lipinski definition) is 1. The Morgan fingerprint density at radius 3 is 2.16 bits per heavy atom. The average molecular weight is 269 g/mol. The zero-order chi connectivity index (χ0) is 14.1. The van der Waals surface area contributed by atoms with Gasteiger partial charge in [0.25, 0.3) is 0 Å². The molecule has 0 aliphatic heterocycles. The van der Waals surface area contributed by atoms with Crippen LogP contribution >= 0.6 is 0 Å². The van der Waals surface area contributed by atoms with Crippen molar-refractivity contribution < 1.29 is 4.74 Å². The molecule has 0 spiro atoms. The zero-order valence-electron chi connectivity index (χ0n) is 13.6. The smallest absolute Gasteiger partial charge is 0.0831 e. The lowest BCUT2D eigenvalue weighted by molar-refractivity contribution is -0.0727. The molecule has 1 rings (SSSR count). The summed E-state index contributed by atoms with van der Waals surface area (Å²) in [7, 11) is 1.93. The molecule has 1 aliphatic rings. The predicted molar refractivity (Wildman–Crippen MR) is 83.6 cm³/mol. The average Bonchev–Trinajstić information content (AvgIpc) is 2.48. The third-order valence-corrected chi connectivity index (χ3v) is 5.11.